The largest absolute Gasteiger partial charge is 0.396 e. The summed E-state index contributed by atoms with van der Waals surface area (Å²) < 4.78 is 10.8. The van der Waals surface area contributed by atoms with E-state index in [0.29, 0.717) is 25.8 Å². The summed E-state index contributed by atoms with van der Waals surface area (Å²) >= 11 is 0. The fraction of sp³-hybridized carbons (Fsp3) is 0.889. The van der Waals surface area contributed by atoms with Crippen LogP contribution in [0.5, 0.6) is 0 Å². The van der Waals surface area contributed by atoms with Crippen LogP contribution in [-0.4, -0.2) is 115 Å². The van der Waals surface area contributed by atoms with Crippen LogP contribution in [0.3, 0.4) is 0 Å². The minimum absolute atomic E-state index is 0.0883. The minimum Gasteiger partial charge on any atom is -0.396 e. The number of nitrogens with one attached hydrogen (secondary N) is 2. The molecule has 0 saturated carbocycles. The molecule has 184 valence electrons. The number of carbonyl (C=O) groups is 2. The standard InChI is InChI=1S/C18H38N4O9/c19-15(16(20)28)3-1-2-4-21-17(29)22-9-18(10-27,11-30-13(5-23)6-24)12-31-14(7-25)8-26/h13-15,23-27H,1-12,19H2,(H2,20,28)(H2,21,22,29)/t15-/m1/s1. The lowest BCUT2D eigenvalue weighted by Crippen LogP contribution is -2.50. The number of urea groups is 1. The van der Waals surface area contributed by atoms with Gasteiger partial charge in [0, 0.05) is 13.1 Å². The lowest BCUT2D eigenvalue weighted by atomic mass is 9.90. The number of carbonyl (C=O) groups excluding carboxylic acids is 2. The van der Waals surface area contributed by atoms with E-state index in [1.54, 1.807) is 0 Å². The number of rotatable bonds is 19. The summed E-state index contributed by atoms with van der Waals surface area (Å²) in [4.78, 5) is 22.9. The average molecular weight is 455 g/mol. The molecule has 31 heavy (non-hydrogen) atoms. The molecular weight excluding hydrogens is 416 g/mol. The number of unbranched alkanes of at least 4 members (excludes halogenated alkanes) is 1. The lowest BCUT2D eigenvalue weighted by molar-refractivity contribution is -0.119. The maximum Gasteiger partial charge on any atom is 0.314 e. The molecule has 0 spiro atoms. The van der Waals surface area contributed by atoms with Gasteiger partial charge in [0.25, 0.3) is 0 Å². The fourth-order valence-electron chi connectivity index (χ4n) is 2.37. The third kappa shape index (κ3) is 12.8. The lowest BCUT2D eigenvalue weighted by Gasteiger charge is -2.33. The normalized spacial score (nSPS) is 12.9. The zero-order valence-electron chi connectivity index (χ0n) is 17.7. The van der Waals surface area contributed by atoms with Crippen LogP contribution in [0.25, 0.3) is 0 Å². The van der Waals surface area contributed by atoms with E-state index in [4.69, 9.17) is 41.4 Å². The van der Waals surface area contributed by atoms with Gasteiger partial charge in [0.1, 0.15) is 12.2 Å². The smallest absolute Gasteiger partial charge is 0.314 e. The van der Waals surface area contributed by atoms with Crippen LogP contribution in [0.1, 0.15) is 19.3 Å². The van der Waals surface area contributed by atoms with E-state index in [9.17, 15) is 14.7 Å². The first-order valence-corrected chi connectivity index (χ1v) is 10.1. The van der Waals surface area contributed by atoms with Crippen molar-refractivity contribution >= 4 is 11.9 Å². The molecule has 3 amide bonds. The number of aliphatic hydroxyl groups excluding tert-OH is 5. The molecule has 11 N–H and O–H groups in total. The number of nitrogens with two attached hydrogens (primary N) is 2. The highest BCUT2D eigenvalue weighted by atomic mass is 16.5. The number of hydrogen-bond acceptors (Lipinski definition) is 10. The van der Waals surface area contributed by atoms with E-state index in [-0.39, 0.29) is 19.8 Å². The van der Waals surface area contributed by atoms with Crippen molar-refractivity contribution in [1.82, 2.24) is 10.6 Å². The second-order valence-electron chi connectivity index (χ2n) is 7.37. The Morgan fingerprint density at radius 1 is 0.871 bits per heavy atom. The molecule has 1 atom stereocenters. The molecule has 0 bridgehead atoms. The van der Waals surface area contributed by atoms with E-state index in [2.05, 4.69) is 10.6 Å². The molecule has 13 heteroatoms. The summed E-state index contributed by atoms with van der Waals surface area (Å²) in [5, 5.41) is 51.8. The summed E-state index contributed by atoms with van der Waals surface area (Å²) in [6.45, 7) is -2.37. The van der Waals surface area contributed by atoms with Gasteiger partial charge in [-0.15, -0.1) is 0 Å². The van der Waals surface area contributed by atoms with Crippen LogP contribution in [0.4, 0.5) is 4.79 Å². The van der Waals surface area contributed by atoms with Crippen molar-refractivity contribution in [3.05, 3.63) is 0 Å². The van der Waals surface area contributed by atoms with Crippen molar-refractivity contribution in [3.63, 3.8) is 0 Å². The Hall–Kier alpha value is -1.58. The van der Waals surface area contributed by atoms with Gasteiger partial charge in [-0.1, -0.05) is 0 Å². The van der Waals surface area contributed by atoms with Gasteiger partial charge in [-0.05, 0) is 19.3 Å². The SMILES string of the molecule is NC(=O)[C@H](N)CCCCNC(=O)NCC(CO)(COC(CO)CO)COC(CO)CO. The Bertz CT molecular complexity index is 475. The molecule has 0 unspecified atom stereocenters. The van der Waals surface area contributed by atoms with Crippen LogP contribution in [0.15, 0.2) is 0 Å². The van der Waals surface area contributed by atoms with Gasteiger partial charge in [0.2, 0.25) is 5.91 Å². The Labute approximate surface area is 181 Å². The van der Waals surface area contributed by atoms with E-state index in [0.717, 1.165) is 0 Å². The maximum absolute atomic E-state index is 12.1. The maximum atomic E-state index is 12.1. The van der Waals surface area contributed by atoms with Gasteiger partial charge >= 0.3 is 6.03 Å². The third-order valence-electron chi connectivity index (χ3n) is 4.62. The fourth-order valence-corrected chi connectivity index (χ4v) is 2.37. The molecule has 0 fully saturated rings. The summed E-state index contributed by atoms with van der Waals surface area (Å²) in [6.07, 6.45) is -0.167. The summed E-state index contributed by atoms with van der Waals surface area (Å²) in [7, 11) is 0. The molecule has 0 aromatic rings. The third-order valence-corrected chi connectivity index (χ3v) is 4.62. The van der Waals surface area contributed by atoms with Crippen LogP contribution < -0.4 is 22.1 Å². The first-order chi connectivity index (χ1) is 14.8. The van der Waals surface area contributed by atoms with E-state index in [1.807, 2.05) is 0 Å². The van der Waals surface area contributed by atoms with E-state index < -0.39 is 68.6 Å². The van der Waals surface area contributed by atoms with Crippen molar-refractivity contribution in [2.75, 3.05) is 59.3 Å². The van der Waals surface area contributed by atoms with Gasteiger partial charge in [-0.2, -0.15) is 0 Å². The molecule has 0 aliphatic carbocycles. The van der Waals surface area contributed by atoms with Crippen LogP contribution in [0, 0.1) is 5.41 Å². The second-order valence-corrected chi connectivity index (χ2v) is 7.37. The monoisotopic (exact) mass is 454 g/mol. The quantitative estimate of drug-likeness (QED) is 0.0858. The summed E-state index contributed by atoms with van der Waals surface area (Å²) in [5.74, 6) is -0.579. The van der Waals surface area contributed by atoms with E-state index >= 15 is 0 Å². The number of hydrogen-bond donors (Lipinski definition) is 9. The molecule has 0 aromatic carbocycles. The van der Waals surface area contributed by atoms with Gasteiger partial charge in [-0.3, -0.25) is 4.79 Å². The zero-order valence-corrected chi connectivity index (χ0v) is 17.7. The molecule has 0 heterocycles. The molecule has 0 radical (unpaired) electrons. The highest BCUT2D eigenvalue weighted by Crippen LogP contribution is 2.19. The first-order valence-electron chi connectivity index (χ1n) is 10.1. The van der Waals surface area contributed by atoms with Crippen molar-refractivity contribution in [1.29, 1.82) is 0 Å². The summed E-state index contributed by atoms with van der Waals surface area (Å²) in [5.41, 5.74) is 9.44. The van der Waals surface area contributed by atoms with Gasteiger partial charge in [0.15, 0.2) is 0 Å². The van der Waals surface area contributed by atoms with Gasteiger partial charge in [-0.25, -0.2) is 4.79 Å². The molecule has 0 saturated heterocycles. The van der Waals surface area contributed by atoms with Crippen molar-refractivity contribution in [3.8, 4) is 0 Å². The highest BCUT2D eigenvalue weighted by Gasteiger charge is 2.33. The zero-order chi connectivity index (χ0) is 23.7. The highest BCUT2D eigenvalue weighted by molar-refractivity contribution is 5.79. The predicted molar refractivity (Wildman–Crippen MR) is 110 cm³/mol. The topological polar surface area (TPSA) is 230 Å². The number of ether oxygens (including phenoxy) is 2. The molecular formula is C18H38N4O9. The molecule has 0 aromatic heterocycles. The van der Waals surface area contributed by atoms with Crippen molar-refractivity contribution in [2.45, 2.75) is 37.5 Å². The van der Waals surface area contributed by atoms with Crippen LogP contribution in [0.2, 0.25) is 0 Å². The molecule has 0 aliphatic rings. The Kier molecular flexibility index (Phi) is 16.2. The van der Waals surface area contributed by atoms with Gasteiger partial charge in [0.05, 0.1) is 57.7 Å². The van der Waals surface area contributed by atoms with Crippen molar-refractivity contribution < 1.29 is 44.6 Å². The first kappa shape index (κ1) is 29.4. The Balaban J connectivity index is 4.67. The molecule has 0 rings (SSSR count). The number of aliphatic hydroxyl groups is 5. The number of primary amides is 1. The minimum atomic E-state index is -1.16. The molecule has 0 aliphatic heterocycles. The van der Waals surface area contributed by atoms with Crippen molar-refractivity contribution in [2.24, 2.45) is 16.9 Å². The van der Waals surface area contributed by atoms with Gasteiger partial charge < -0.3 is 57.1 Å². The van der Waals surface area contributed by atoms with Crippen LogP contribution in [-0.2, 0) is 14.3 Å². The number of amides is 3. The summed E-state index contributed by atoms with van der Waals surface area (Å²) in [6, 6.07) is -1.24. The van der Waals surface area contributed by atoms with E-state index in [1.165, 1.54) is 0 Å². The average Bonchev–Trinajstić information content (AvgIpc) is 2.77. The second kappa shape index (κ2) is 17.0. The predicted octanol–water partition coefficient (Wildman–Crippen LogP) is -4.01. The Morgan fingerprint density at radius 2 is 1.39 bits per heavy atom. The molecule has 13 nitrogen and oxygen atoms in total. The van der Waals surface area contributed by atoms with Crippen LogP contribution >= 0.6 is 0 Å². The Morgan fingerprint density at radius 3 is 1.81 bits per heavy atom.